The van der Waals surface area contributed by atoms with Gasteiger partial charge in [-0.2, -0.15) is 10.3 Å². The number of aromatic nitrogens is 7. The Morgan fingerprint density at radius 1 is 1.42 bits per heavy atom. The number of pyridine rings is 1. The summed E-state index contributed by atoms with van der Waals surface area (Å²) in [5.41, 5.74) is 3.12. The summed E-state index contributed by atoms with van der Waals surface area (Å²) in [6.07, 6.45) is 7.08. The van der Waals surface area contributed by atoms with E-state index in [0.717, 1.165) is 29.6 Å². The topological polar surface area (TPSA) is 114 Å². The van der Waals surface area contributed by atoms with Crippen LogP contribution in [0.5, 0.6) is 0 Å². The van der Waals surface area contributed by atoms with Gasteiger partial charge >= 0.3 is 0 Å². The Morgan fingerprint density at radius 3 is 2.75 bits per heavy atom. The van der Waals surface area contributed by atoms with Crippen molar-refractivity contribution in [2.45, 2.75) is 38.6 Å². The normalized spacial score (nSPS) is 15.3. The Kier molecular flexibility index (Phi) is 4.24. The van der Waals surface area contributed by atoms with Crippen LogP contribution in [-0.4, -0.2) is 46.8 Å². The Bertz CT molecular complexity index is 858. The van der Waals surface area contributed by atoms with E-state index in [1.165, 1.54) is 6.42 Å². The second-order valence-electron chi connectivity index (χ2n) is 6.26. The van der Waals surface area contributed by atoms with Crippen LogP contribution in [0.4, 0.5) is 0 Å². The lowest BCUT2D eigenvalue weighted by Crippen LogP contribution is -2.50. The summed E-state index contributed by atoms with van der Waals surface area (Å²) in [6.45, 7) is 3.67. The van der Waals surface area contributed by atoms with Gasteiger partial charge in [0.05, 0.1) is 6.20 Å². The van der Waals surface area contributed by atoms with Gasteiger partial charge in [-0.1, -0.05) is 5.21 Å². The van der Waals surface area contributed by atoms with Crippen LogP contribution in [0.25, 0.3) is 22.4 Å². The van der Waals surface area contributed by atoms with Crippen molar-refractivity contribution in [3.63, 3.8) is 0 Å². The number of hydrogen-bond acceptors (Lipinski definition) is 6. The molecule has 3 aromatic rings. The van der Waals surface area contributed by atoms with Crippen molar-refractivity contribution >= 4 is 17.1 Å². The number of hydrogen-bond donors (Lipinski definition) is 2. The van der Waals surface area contributed by atoms with Crippen LogP contribution >= 0.6 is 0 Å². The molecule has 24 heavy (non-hydrogen) atoms. The zero-order valence-electron chi connectivity index (χ0n) is 13.9. The van der Waals surface area contributed by atoms with E-state index in [1.54, 1.807) is 17.8 Å². The SMILES string of the molecule is CC(=O)NC1(C)CCC1.Cn1cc(-c2cnc3n[nH]nc3c2)nn1.[HH].[HH]. The summed E-state index contributed by atoms with van der Waals surface area (Å²) in [4.78, 5) is 14.7. The molecular formula is C15H24N8O. The first-order valence-electron chi connectivity index (χ1n) is 7.77. The predicted octanol–water partition coefficient (Wildman–Crippen LogP) is 1.71. The number of rotatable bonds is 2. The molecule has 0 aromatic carbocycles. The molecule has 0 atom stereocenters. The molecule has 0 bridgehead atoms. The summed E-state index contributed by atoms with van der Waals surface area (Å²) >= 11 is 0. The van der Waals surface area contributed by atoms with E-state index in [-0.39, 0.29) is 14.3 Å². The average molecular weight is 332 g/mol. The molecule has 2 N–H and O–H groups in total. The van der Waals surface area contributed by atoms with Crippen molar-refractivity contribution in [1.29, 1.82) is 0 Å². The molecule has 0 saturated heterocycles. The van der Waals surface area contributed by atoms with Crippen molar-refractivity contribution < 1.29 is 7.65 Å². The smallest absolute Gasteiger partial charge is 0.217 e. The van der Waals surface area contributed by atoms with Crippen LogP contribution < -0.4 is 5.32 Å². The molecule has 1 saturated carbocycles. The fraction of sp³-hybridized carbons (Fsp3) is 0.467. The minimum Gasteiger partial charge on any atom is -0.351 e. The monoisotopic (exact) mass is 332 g/mol. The van der Waals surface area contributed by atoms with Gasteiger partial charge in [0.1, 0.15) is 11.2 Å². The van der Waals surface area contributed by atoms with Gasteiger partial charge in [0, 0.05) is 34.1 Å². The highest BCUT2D eigenvalue weighted by Gasteiger charge is 2.31. The minimum atomic E-state index is 0. The number of carbonyl (C=O) groups excluding carboxylic acids is 1. The van der Waals surface area contributed by atoms with Gasteiger partial charge < -0.3 is 5.32 Å². The number of nitrogens with zero attached hydrogens (tertiary/aromatic N) is 6. The maximum absolute atomic E-state index is 10.5. The first-order valence-corrected chi connectivity index (χ1v) is 7.77. The number of aromatic amines is 1. The zero-order valence-corrected chi connectivity index (χ0v) is 13.9. The van der Waals surface area contributed by atoms with Crippen molar-refractivity contribution in [2.24, 2.45) is 7.05 Å². The molecule has 1 aliphatic rings. The molecule has 3 heterocycles. The maximum atomic E-state index is 10.5. The fourth-order valence-electron chi connectivity index (χ4n) is 2.62. The lowest BCUT2D eigenvalue weighted by molar-refractivity contribution is -0.121. The second-order valence-corrected chi connectivity index (χ2v) is 6.26. The molecule has 0 spiro atoms. The Hall–Kier alpha value is -2.84. The lowest BCUT2D eigenvalue weighted by Gasteiger charge is -2.38. The van der Waals surface area contributed by atoms with Gasteiger partial charge in [-0.05, 0) is 32.3 Å². The van der Waals surface area contributed by atoms with Crippen LogP contribution in [-0.2, 0) is 11.8 Å². The Morgan fingerprint density at radius 2 is 2.21 bits per heavy atom. The van der Waals surface area contributed by atoms with Crippen LogP contribution in [0.15, 0.2) is 18.5 Å². The third-order valence-corrected chi connectivity index (χ3v) is 4.01. The third-order valence-electron chi connectivity index (χ3n) is 4.01. The summed E-state index contributed by atoms with van der Waals surface area (Å²) in [5.74, 6) is 0.0946. The molecular weight excluding hydrogens is 308 g/mol. The van der Waals surface area contributed by atoms with E-state index in [4.69, 9.17) is 0 Å². The van der Waals surface area contributed by atoms with Crippen molar-refractivity contribution in [1.82, 2.24) is 40.7 Å². The van der Waals surface area contributed by atoms with E-state index >= 15 is 0 Å². The summed E-state index contributed by atoms with van der Waals surface area (Å²) in [6, 6.07) is 1.87. The summed E-state index contributed by atoms with van der Waals surface area (Å²) in [7, 11) is 1.82. The van der Waals surface area contributed by atoms with Gasteiger partial charge in [-0.15, -0.1) is 10.2 Å². The number of H-pyrrole nitrogens is 1. The Labute approximate surface area is 141 Å². The van der Waals surface area contributed by atoms with Crippen molar-refractivity contribution in [3.05, 3.63) is 18.5 Å². The van der Waals surface area contributed by atoms with E-state index in [0.29, 0.717) is 5.65 Å². The van der Waals surface area contributed by atoms with Crippen LogP contribution in [0.3, 0.4) is 0 Å². The average Bonchev–Trinajstić information content (AvgIpc) is 3.13. The molecule has 3 aromatic heterocycles. The van der Waals surface area contributed by atoms with E-state index in [2.05, 4.69) is 42.9 Å². The van der Waals surface area contributed by atoms with Crippen molar-refractivity contribution in [2.75, 3.05) is 0 Å². The number of aryl methyl sites for hydroxylation is 1. The van der Waals surface area contributed by atoms with Gasteiger partial charge in [-0.3, -0.25) is 9.48 Å². The van der Waals surface area contributed by atoms with E-state index < -0.39 is 0 Å². The molecule has 9 nitrogen and oxygen atoms in total. The Balaban J connectivity index is 0.000000270. The molecule has 0 aliphatic heterocycles. The molecule has 4 rings (SSSR count). The van der Waals surface area contributed by atoms with Gasteiger partial charge in [0.25, 0.3) is 0 Å². The summed E-state index contributed by atoms with van der Waals surface area (Å²) < 4.78 is 1.64. The standard InChI is InChI=1S/C8H7N7.C7H13NO.2H2/c1-15-4-7(11-14-15)5-2-6-8(9-3-5)12-13-10-6;1-6(9)8-7(2)4-3-5-7;;/h2-4H,1H3,(H,9,10,12,13);3-5H2,1-2H3,(H,8,9);2*1H. The quantitative estimate of drug-likeness (QED) is 0.738. The molecule has 0 unspecified atom stereocenters. The van der Waals surface area contributed by atoms with Gasteiger partial charge in [0.15, 0.2) is 0 Å². The molecule has 1 aliphatic carbocycles. The molecule has 130 valence electrons. The highest BCUT2D eigenvalue weighted by molar-refractivity contribution is 5.75. The minimum absolute atomic E-state index is 0. The van der Waals surface area contributed by atoms with E-state index in [9.17, 15) is 4.79 Å². The molecule has 9 heteroatoms. The van der Waals surface area contributed by atoms with Gasteiger partial charge in [-0.25, -0.2) is 4.98 Å². The number of fused-ring (bicyclic) bond motifs is 1. The maximum Gasteiger partial charge on any atom is 0.217 e. The largest absolute Gasteiger partial charge is 0.351 e. The fourth-order valence-corrected chi connectivity index (χ4v) is 2.62. The molecule has 1 fully saturated rings. The van der Waals surface area contributed by atoms with Crippen LogP contribution in [0.2, 0.25) is 0 Å². The lowest BCUT2D eigenvalue weighted by atomic mass is 9.78. The van der Waals surface area contributed by atoms with Crippen LogP contribution in [0.1, 0.15) is 36.0 Å². The third kappa shape index (κ3) is 3.55. The number of carbonyl (C=O) groups is 1. The predicted molar refractivity (Wildman–Crippen MR) is 92.0 cm³/mol. The highest BCUT2D eigenvalue weighted by atomic mass is 16.1. The van der Waals surface area contributed by atoms with E-state index in [1.807, 2.05) is 19.3 Å². The second kappa shape index (κ2) is 6.34. The van der Waals surface area contributed by atoms with Crippen LogP contribution in [0, 0.1) is 0 Å². The highest BCUT2D eigenvalue weighted by Crippen LogP contribution is 2.30. The zero-order chi connectivity index (χ0) is 17.2. The van der Waals surface area contributed by atoms with Crippen molar-refractivity contribution in [3.8, 4) is 11.3 Å². The van der Waals surface area contributed by atoms with Gasteiger partial charge in [0.2, 0.25) is 11.6 Å². The first kappa shape index (κ1) is 16.0. The number of amides is 1. The number of nitrogens with one attached hydrogen (secondary N) is 2. The summed E-state index contributed by atoms with van der Waals surface area (Å²) in [5, 5.41) is 21.1. The molecule has 0 radical (unpaired) electrons. The first-order chi connectivity index (χ1) is 11.5. The molecule has 1 amide bonds.